The number of halogens is 1. The molecule has 0 saturated carbocycles. The molecule has 2 N–H and O–H groups in total. The van der Waals surface area contributed by atoms with Crippen LogP contribution >= 0.6 is 15.9 Å². The Bertz CT molecular complexity index is 354. The minimum Gasteiger partial charge on any atom is -0.481 e. The summed E-state index contributed by atoms with van der Waals surface area (Å²) in [6.45, 7) is 3.55. The van der Waals surface area contributed by atoms with Crippen LogP contribution in [-0.2, 0) is 4.79 Å². The molecular weight excluding hydrogens is 258 g/mol. The lowest BCUT2D eigenvalue weighted by Crippen LogP contribution is -2.29. The van der Waals surface area contributed by atoms with Crippen molar-refractivity contribution in [2.45, 2.75) is 19.9 Å². The lowest BCUT2D eigenvalue weighted by atomic mass is 10.0. The molecule has 2 unspecified atom stereocenters. The zero-order valence-electron chi connectivity index (χ0n) is 8.70. The summed E-state index contributed by atoms with van der Waals surface area (Å²) in [5.41, 5.74) is 0.921. The van der Waals surface area contributed by atoms with Gasteiger partial charge in [-0.25, -0.2) is 0 Å². The predicted octanol–water partition coefficient (Wildman–Crippen LogP) is 2.97. The van der Waals surface area contributed by atoms with Gasteiger partial charge in [0.2, 0.25) is 0 Å². The molecule has 0 heterocycles. The van der Waals surface area contributed by atoms with Gasteiger partial charge in [-0.2, -0.15) is 0 Å². The fourth-order valence-electron chi connectivity index (χ4n) is 1.18. The zero-order valence-corrected chi connectivity index (χ0v) is 10.3. The second-order valence-corrected chi connectivity index (χ2v) is 4.49. The lowest BCUT2D eigenvalue weighted by Gasteiger charge is -2.19. The Morgan fingerprint density at radius 1 is 1.47 bits per heavy atom. The van der Waals surface area contributed by atoms with E-state index in [-0.39, 0.29) is 6.04 Å². The smallest absolute Gasteiger partial charge is 0.308 e. The molecule has 0 saturated heterocycles. The molecule has 2 atom stereocenters. The van der Waals surface area contributed by atoms with Crippen molar-refractivity contribution in [1.82, 2.24) is 0 Å². The largest absolute Gasteiger partial charge is 0.481 e. The van der Waals surface area contributed by atoms with Crippen LogP contribution in [0.2, 0.25) is 0 Å². The van der Waals surface area contributed by atoms with Gasteiger partial charge in [-0.3, -0.25) is 4.79 Å². The van der Waals surface area contributed by atoms with Crippen LogP contribution in [0.1, 0.15) is 13.8 Å². The lowest BCUT2D eigenvalue weighted by molar-refractivity contribution is -0.141. The molecule has 0 spiro atoms. The van der Waals surface area contributed by atoms with Gasteiger partial charge >= 0.3 is 5.97 Å². The topological polar surface area (TPSA) is 49.3 Å². The fourth-order valence-corrected chi connectivity index (χ4v) is 1.58. The first kappa shape index (κ1) is 12.0. The number of carboxylic acids is 1. The Labute approximate surface area is 97.6 Å². The maximum atomic E-state index is 10.7. The second-order valence-electron chi connectivity index (χ2n) is 3.57. The minimum atomic E-state index is -0.787. The number of hydrogen-bond donors (Lipinski definition) is 2. The van der Waals surface area contributed by atoms with Gasteiger partial charge in [0, 0.05) is 16.2 Å². The van der Waals surface area contributed by atoms with Crippen LogP contribution in [0.3, 0.4) is 0 Å². The fraction of sp³-hybridized carbons (Fsp3) is 0.364. The van der Waals surface area contributed by atoms with Crippen molar-refractivity contribution in [2.24, 2.45) is 5.92 Å². The standard InChI is InChI=1S/C11H14BrNO2/c1-7(11(14)15)8(2)13-10-5-3-4-9(12)6-10/h3-8,13H,1-2H3,(H,14,15). The second kappa shape index (κ2) is 5.16. The maximum absolute atomic E-state index is 10.7. The number of nitrogens with one attached hydrogen (secondary N) is 1. The number of benzene rings is 1. The number of carboxylic acid groups (broad SMARTS) is 1. The Morgan fingerprint density at radius 3 is 2.67 bits per heavy atom. The van der Waals surface area contributed by atoms with E-state index in [0.717, 1.165) is 10.2 Å². The van der Waals surface area contributed by atoms with E-state index in [1.165, 1.54) is 0 Å². The average Bonchev–Trinajstić information content (AvgIpc) is 2.16. The SMILES string of the molecule is CC(Nc1cccc(Br)c1)C(C)C(=O)O. The third-order valence-corrected chi connectivity index (χ3v) is 2.85. The molecule has 82 valence electrons. The molecule has 1 rings (SSSR count). The molecule has 0 aliphatic heterocycles. The summed E-state index contributed by atoms with van der Waals surface area (Å²) in [6.07, 6.45) is 0. The van der Waals surface area contributed by atoms with Crippen molar-refractivity contribution in [3.8, 4) is 0 Å². The van der Waals surface area contributed by atoms with Crippen LogP contribution < -0.4 is 5.32 Å². The third-order valence-electron chi connectivity index (χ3n) is 2.36. The quantitative estimate of drug-likeness (QED) is 0.885. The van der Waals surface area contributed by atoms with Gasteiger partial charge in [0.05, 0.1) is 5.92 Å². The molecule has 0 fully saturated rings. The number of hydrogen-bond acceptors (Lipinski definition) is 2. The van der Waals surface area contributed by atoms with Crippen molar-refractivity contribution in [3.05, 3.63) is 28.7 Å². The molecule has 15 heavy (non-hydrogen) atoms. The van der Waals surface area contributed by atoms with Crippen LogP contribution in [0.15, 0.2) is 28.7 Å². The number of rotatable bonds is 4. The van der Waals surface area contributed by atoms with E-state index in [4.69, 9.17) is 5.11 Å². The van der Waals surface area contributed by atoms with E-state index in [1.54, 1.807) is 6.92 Å². The molecule has 0 aromatic heterocycles. The van der Waals surface area contributed by atoms with E-state index >= 15 is 0 Å². The van der Waals surface area contributed by atoms with Crippen molar-refractivity contribution in [3.63, 3.8) is 0 Å². The minimum absolute atomic E-state index is 0.100. The number of aliphatic carboxylic acids is 1. The van der Waals surface area contributed by atoms with E-state index in [2.05, 4.69) is 21.2 Å². The van der Waals surface area contributed by atoms with E-state index in [0.29, 0.717) is 0 Å². The highest BCUT2D eigenvalue weighted by Gasteiger charge is 2.18. The molecule has 4 heteroatoms. The Kier molecular flexibility index (Phi) is 4.15. The summed E-state index contributed by atoms with van der Waals surface area (Å²) in [6, 6.07) is 7.57. The van der Waals surface area contributed by atoms with Gasteiger partial charge in [0.25, 0.3) is 0 Å². The third kappa shape index (κ3) is 3.55. The van der Waals surface area contributed by atoms with Gasteiger partial charge in [-0.1, -0.05) is 22.0 Å². The highest BCUT2D eigenvalue weighted by molar-refractivity contribution is 9.10. The summed E-state index contributed by atoms with van der Waals surface area (Å²) in [5, 5.41) is 12.0. The van der Waals surface area contributed by atoms with Crippen molar-refractivity contribution < 1.29 is 9.90 Å². The van der Waals surface area contributed by atoms with Gasteiger partial charge in [0.15, 0.2) is 0 Å². The van der Waals surface area contributed by atoms with Crippen LogP contribution in [0.4, 0.5) is 5.69 Å². The van der Waals surface area contributed by atoms with E-state index in [9.17, 15) is 4.79 Å². The summed E-state index contributed by atoms with van der Waals surface area (Å²) >= 11 is 3.36. The van der Waals surface area contributed by atoms with Gasteiger partial charge in [-0.15, -0.1) is 0 Å². The highest BCUT2D eigenvalue weighted by atomic mass is 79.9. The summed E-state index contributed by atoms with van der Waals surface area (Å²) in [5.74, 6) is -1.20. The Morgan fingerprint density at radius 2 is 2.13 bits per heavy atom. The highest BCUT2D eigenvalue weighted by Crippen LogP contribution is 2.18. The summed E-state index contributed by atoms with van der Waals surface area (Å²) in [4.78, 5) is 10.7. The molecule has 0 radical (unpaired) electrons. The van der Waals surface area contributed by atoms with Crippen LogP contribution in [0.5, 0.6) is 0 Å². The monoisotopic (exact) mass is 271 g/mol. The normalized spacial score (nSPS) is 14.3. The zero-order chi connectivity index (χ0) is 11.4. The van der Waals surface area contributed by atoms with Crippen LogP contribution in [-0.4, -0.2) is 17.1 Å². The molecule has 0 aliphatic carbocycles. The van der Waals surface area contributed by atoms with Crippen molar-refractivity contribution in [1.29, 1.82) is 0 Å². The molecule has 1 aromatic rings. The first-order chi connectivity index (χ1) is 7.00. The predicted molar refractivity (Wildman–Crippen MR) is 64.0 cm³/mol. The average molecular weight is 272 g/mol. The van der Waals surface area contributed by atoms with Crippen molar-refractivity contribution in [2.75, 3.05) is 5.32 Å². The molecule has 3 nitrogen and oxygen atoms in total. The van der Waals surface area contributed by atoms with Crippen LogP contribution in [0, 0.1) is 5.92 Å². The molecule has 1 aromatic carbocycles. The summed E-state index contributed by atoms with van der Waals surface area (Å²) in [7, 11) is 0. The van der Waals surface area contributed by atoms with Gasteiger partial charge < -0.3 is 10.4 Å². The van der Waals surface area contributed by atoms with E-state index < -0.39 is 11.9 Å². The maximum Gasteiger partial charge on any atom is 0.308 e. The number of carbonyl (C=O) groups is 1. The van der Waals surface area contributed by atoms with Crippen molar-refractivity contribution >= 4 is 27.6 Å². The summed E-state index contributed by atoms with van der Waals surface area (Å²) < 4.78 is 0.975. The van der Waals surface area contributed by atoms with E-state index in [1.807, 2.05) is 31.2 Å². The van der Waals surface area contributed by atoms with Gasteiger partial charge in [-0.05, 0) is 32.0 Å². The number of anilines is 1. The van der Waals surface area contributed by atoms with Crippen LogP contribution in [0.25, 0.3) is 0 Å². The Balaban J connectivity index is 2.66. The van der Waals surface area contributed by atoms with Gasteiger partial charge in [0.1, 0.15) is 0 Å². The molecule has 0 bridgehead atoms. The first-order valence-corrected chi connectivity index (χ1v) is 5.55. The first-order valence-electron chi connectivity index (χ1n) is 4.75. The Hall–Kier alpha value is -1.03. The molecule has 0 aliphatic rings. The molecular formula is C11H14BrNO2. The molecule has 0 amide bonds.